The number of hydrogen-bond acceptors (Lipinski definition) is 8. The maximum Gasteiger partial charge on any atom is 0.288 e. The zero-order valence-electron chi connectivity index (χ0n) is 15.5. The molecule has 150 valence electrons. The Balaban J connectivity index is 1.80. The van der Waals surface area contributed by atoms with Crippen LogP contribution >= 0.6 is 0 Å². The Morgan fingerprint density at radius 2 is 2.25 bits per heavy atom. The summed E-state index contributed by atoms with van der Waals surface area (Å²) >= 11 is 0. The van der Waals surface area contributed by atoms with Gasteiger partial charge in [0.1, 0.15) is 5.82 Å². The molecule has 1 aromatic heterocycles. The summed E-state index contributed by atoms with van der Waals surface area (Å²) in [7, 11) is 0. The molecule has 3 rings (SSSR count). The molecule has 1 aliphatic rings. The van der Waals surface area contributed by atoms with Gasteiger partial charge in [0.2, 0.25) is 5.69 Å². The topological polar surface area (TPSA) is 130 Å². The number of aliphatic hydroxyl groups is 1. The summed E-state index contributed by atoms with van der Waals surface area (Å²) in [6.45, 7) is 3.01. The Labute approximate surface area is 160 Å². The quantitative estimate of drug-likeness (QED) is 0.352. The van der Waals surface area contributed by atoms with Gasteiger partial charge in [0.15, 0.2) is 17.2 Å². The van der Waals surface area contributed by atoms with Crippen LogP contribution in [0.2, 0.25) is 0 Å². The zero-order chi connectivity index (χ0) is 20.3. The summed E-state index contributed by atoms with van der Waals surface area (Å²) in [4.78, 5) is 16.6. The fraction of sp³-hybridized carbons (Fsp3) is 0.444. The van der Waals surface area contributed by atoms with Crippen LogP contribution in [0, 0.1) is 5.82 Å². The average molecular weight is 392 g/mol. The van der Waals surface area contributed by atoms with Crippen molar-refractivity contribution in [3.8, 4) is 5.88 Å². The summed E-state index contributed by atoms with van der Waals surface area (Å²) in [5, 5.41) is 25.7. The number of nitrogens with zero attached hydrogens (tertiary/aromatic N) is 3. The highest BCUT2D eigenvalue weighted by Gasteiger charge is 2.33. The van der Waals surface area contributed by atoms with Gasteiger partial charge >= 0.3 is 0 Å². The van der Waals surface area contributed by atoms with Crippen LogP contribution in [0.25, 0.3) is 0 Å². The van der Waals surface area contributed by atoms with Crippen molar-refractivity contribution in [3.63, 3.8) is 0 Å². The predicted octanol–water partition coefficient (Wildman–Crippen LogP) is 1.73. The van der Waals surface area contributed by atoms with Crippen molar-refractivity contribution < 1.29 is 28.9 Å². The first-order valence-corrected chi connectivity index (χ1v) is 8.78. The molecule has 1 aromatic carbocycles. The maximum atomic E-state index is 13.4. The molecule has 1 heterocycles. The standard InChI is InChI=1S/C18H21FN4O5/c1-18(2,14(25)4-3-7-24)27-17-15(22-28-23-17)16(21-26)20-13-8-10-5-6-11(19)9-12(10)13/h5-6,9,13,24,26H,3-4,7-8H2,1-2H3,(H,20,21). The molecule has 0 fully saturated rings. The van der Waals surface area contributed by atoms with Crippen LogP contribution in [0.4, 0.5) is 4.39 Å². The number of hydrogen-bond donors (Lipinski definition) is 3. The number of aliphatic hydroxyl groups excluding tert-OH is 1. The third-order valence-electron chi connectivity index (χ3n) is 4.54. The molecule has 0 saturated heterocycles. The predicted molar refractivity (Wildman–Crippen MR) is 94.6 cm³/mol. The number of rotatable bonds is 8. The molecule has 0 bridgehead atoms. The Morgan fingerprint density at radius 1 is 1.46 bits per heavy atom. The van der Waals surface area contributed by atoms with Gasteiger partial charge in [-0.15, -0.1) is 0 Å². The first-order chi connectivity index (χ1) is 13.4. The Bertz CT molecular complexity index is 896. The Hall–Kier alpha value is -2.85. The lowest BCUT2D eigenvalue weighted by Crippen LogP contribution is -2.39. The Morgan fingerprint density at radius 3 is 2.96 bits per heavy atom. The van der Waals surface area contributed by atoms with Crippen LogP contribution in [0.3, 0.4) is 0 Å². The molecule has 1 unspecified atom stereocenters. The number of carbonyl (C=O) groups excluding carboxylic acids is 1. The van der Waals surface area contributed by atoms with Gasteiger partial charge in [-0.3, -0.25) is 20.5 Å². The maximum absolute atomic E-state index is 13.4. The molecular formula is C18H21FN4O5. The summed E-state index contributed by atoms with van der Waals surface area (Å²) in [6, 6.07) is 4.09. The lowest BCUT2D eigenvalue weighted by atomic mass is 9.83. The van der Waals surface area contributed by atoms with Crippen LogP contribution in [0.1, 0.15) is 49.6 Å². The van der Waals surface area contributed by atoms with Crippen molar-refractivity contribution in [1.29, 1.82) is 0 Å². The SMILES string of the molecule is CC(C)(Oc1nonc1C(=NC1Cc2ccc(F)cc21)NO)C(=O)CCCO. The minimum atomic E-state index is -1.25. The highest BCUT2D eigenvalue weighted by molar-refractivity contribution is 5.98. The number of ketones is 1. The van der Waals surface area contributed by atoms with Gasteiger partial charge in [-0.05, 0) is 60.3 Å². The average Bonchev–Trinajstić information content (AvgIpc) is 3.09. The first kappa shape index (κ1) is 19.9. The van der Waals surface area contributed by atoms with E-state index in [0.717, 1.165) is 5.56 Å². The molecular weight excluding hydrogens is 371 g/mol. The van der Waals surface area contributed by atoms with Crippen molar-refractivity contribution in [2.75, 3.05) is 6.61 Å². The largest absolute Gasteiger partial charge is 0.460 e. The molecule has 2 aromatic rings. The number of aromatic nitrogens is 2. The third-order valence-corrected chi connectivity index (χ3v) is 4.54. The number of carbonyl (C=O) groups is 1. The molecule has 0 aliphatic heterocycles. The van der Waals surface area contributed by atoms with Gasteiger partial charge in [-0.1, -0.05) is 6.07 Å². The zero-order valence-corrected chi connectivity index (χ0v) is 15.5. The second-order valence-electron chi connectivity index (χ2n) is 6.93. The second-order valence-corrected chi connectivity index (χ2v) is 6.93. The van der Waals surface area contributed by atoms with E-state index in [0.29, 0.717) is 18.4 Å². The van der Waals surface area contributed by atoms with E-state index in [1.54, 1.807) is 19.9 Å². The monoisotopic (exact) mass is 392 g/mol. The smallest absolute Gasteiger partial charge is 0.288 e. The Kier molecular flexibility index (Phi) is 5.71. The number of amidine groups is 1. The van der Waals surface area contributed by atoms with E-state index in [2.05, 4.69) is 19.9 Å². The molecule has 0 saturated carbocycles. The van der Waals surface area contributed by atoms with Crippen LogP contribution in [-0.2, 0) is 11.2 Å². The lowest BCUT2D eigenvalue weighted by Gasteiger charge is -2.27. The van der Waals surface area contributed by atoms with Crippen molar-refractivity contribution in [3.05, 3.63) is 40.8 Å². The molecule has 9 nitrogen and oxygen atoms in total. The van der Waals surface area contributed by atoms with Gasteiger partial charge in [-0.25, -0.2) is 9.02 Å². The number of benzene rings is 1. The molecule has 0 amide bonds. The molecule has 0 spiro atoms. The van der Waals surface area contributed by atoms with Crippen molar-refractivity contribution in [1.82, 2.24) is 15.8 Å². The summed E-state index contributed by atoms with van der Waals surface area (Å²) in [5.41, 5.74) is 2.35. The highest BCUT2D eigenvalue weighted by Crippen LogP contribution is 2.37. The fourth-order valence-electron chi connectivity index (χ4n) is 2.89. The number of fused-ring (bicyclic) bond motifs is 1. The molecule has 10 heteroatoms. The number of aliphatic imine (C=N–C) groups is 1. The summed E-state index contributed by atoms with van der Waals surface area (Å²) < 4.78 is 23.8. The van der Waals surface area contributed by atoms with E-state index in [1.807, 2.05) is 5.48 Å². The summed E-state index contributed by atoms with van der Waals surface area (Å²) in [6.07, 6.45) is 1.03. The van der Waals surface area contributed by atoms with Gasteiger partial charge in [-0.2, -0.15) is 0 Å². The molecule has 28 heavy (non-hydrogen) atoms. The van der Waals surface area contributed by atoms with Crippen molar-refractivity contribution in [2.45, 2.75) is 44.8 Å². The van der Waals surface area contributed by atoms with E-state index >= 15 is 0 Å². The van der Waals surface area contributed by atoms with Crippen LogP contribution in [0.5, 0.6) is 5.88 Å². The first-order valence-electron chi connectivity index (χ1n) is 8.78. The van der Waals surface area contributed by atoms with Gasteiger partial charge < -0.3 is 9.84 Å². The van der Waals surface area contributed by atoms with E-state index < -0.39 is 5.60 Å². The number of halogens is 1. The van der Waals surface area contributed by atoms with Gasteiger partial charge in [0, 0.05) is 13.0 Å². The second kappa shape index (κ2) is 8.03. The van der Waals surface area contributed by atoms with E-state index in [-0.39, 0.29) is 48.1 Å². The lowest BCUT2D eigenvalue weighted by molar-refractivity contribution is -0.132. The molecule has 1 aliphatic carbocycles. The van der Waals surface area contributed by atoms with Crippen molar-refractivity contribution in [2.24, 2.45) is 4.99 Å². The van der Waals surface area contributed by atoms with E-state index in [4.69, 9.17) is 9.84 Å². The number of ether oxygens (including phenoxy) is 1. The highest BCUT2D eigenvalue weighted by atomic mass is 19.1. The van der Waals surface area contributed by atoms with Gasteiger partial charge in [0.05, 0.1) is 6.04 Å². The van der Waals surface area contributed by atoms with Crippen LogP contribution in [0.15, 0.2) is 27.8 Å². The van der Waals surface area contributed by atoms with E-state index in [9.17, 15) is 14.4 Å². The third kappa shape index (κ3) is 4.02. The fourth-order valence-corrected chi connectivity index (χ4v) is 2.89. The van der Waals surface area contributed by atoms with Crippen molar-refractivity contribution >= 4 is 11.6 Å². The van der Waals surface area contributed by atoms with E-state index in [1.165, 1.54) is 12.1 Å². The van der Waals surface area contributed by atoms with Gasteiger partial charge in [0.25, 0.3) is 5.88 Å². The minimum Gasteiger partial charge on any atom is -0.460 e. The number of nitrogens with one attached hydrogen (secondary N) is 1. The number of hydroxylamine groups is 1. The van der Waals surface area contributed by atoms with Crippen LogP contribution < -0.4 is 10.2 Å². The van der Waals surface area contributed by atoms with Crippen LogP contribution in [-0.4, -0.2) is 44.5 Å². The summed E-state index contributed by atoms with van der Waals surface area (Å²) in [5.74, 6) is -0.807. The molecule has 3 N–H and O–H groups in total. The normalized spacial score (nSPS) is 16.3. The molecule has 1 atom stereocenters. The minimum absolute atomic E-state index is 0.0182. The number of Topliss-reactive ketones (excluding diaryl/α,β-unsaturated/α-hetero) is 1. The molecule has 0 radical (unpaired) electrons.